The summed E-state index contributed by atoms with van der Waals surface area (Å²) in [5, 5.41) is 6.49. The number of benzene rings is 1. The smallest absolute Gasteiger partial charge is 0.221 e. The van der Waals surface area contributed by atoms with Crippen molar-refractivity contribution in [3.05, 3.63) is 35.9 Å². The molecule has 4 nitrogen and oxygen atoms in total. The number of amides is 1. The minimum absolute atomic E-state index is 0. The fourth-order valence-electron chi connectivity index (χ4n) is 3.45. The minimum Gasteiger partial charge on any atom is -0.378 e. The Bertz CT molecular complexity index is 485. The Balaban J connectivity index is 0.00000192. The number of carbonyl (C=O) groups is 1. The van der Waals surface area contributed by atoms with Gasteiger partial charge in [0.1, 0.15) is 0 Å². The molecule has 0 radical (unpaired) electrons. The van der Waals surface area contributed by atoms with Crippen LogP contribution in [-0.4, -0.2) is 38.3 Å². The van der Waals surface area contributed by atoms with Gasteiger partial charge in [0.05, 0.1) is 13.2 Å². The molecule has 2 fully saturated rings. The van der Waals surface area contributed by atoms with Crippen LogP contribution in [0.25, 0.3) is 0 Å². The molecule has 1 aromatic rings. The van der Waals surface area contributed by atoms with E-state index in [4.69, 9.17) is 4.74 Å². The molecular formula is C18H27ClN2O2. The van der Waals surface area contributed by atoms with Crippen molar-refractivity contribution < 1.29 is 9.53 Å². The summed E-state index contributed by atoms with van der Waals surface area (Å²) in [6.07, 6.45) is 5.29. The molecule has 1 aliphatic carbocycles. The zero-order valence-electron chi connectivity index (χ0n) is 13.6. The molecule has 1 aliphatic heterocycles. The summed E-state index contributed by atoms with van der Waals surface area (Å²) in [5.74, 6) is 0.141. The Kier molecular flexibility index (Phi) is 6.88. The monoisotopic (exact) mass is 338 g/mol. The topological polar surface area (TPSA) is 50.4 Å². The van der Waals surface area contributed by atoms with E-state index in [1.54, 1.807) is 0 Å². The summed E-state index contributed by atoms with van der Waals surface area (Å²) in [5.41, 5.74) is 1.65. The van der Waals surface area contributed by atoms with Gasteiger partial charge in [0, 0.05) is 25.6 Å². The molecule has 5 heteroatoms. The number of ether oxygens (including phenoxy) is 1. The lowest BCUT2D eigenvalue weighted by atomic mass is 9.65. The maximum Gasteiger partial charge on any atom is 0.221 e. The number of rotatable bonds is 6. The second kappa shape index (κ2) is 8.67. The van der Waals surface area contributed by atoms with Crippen LogP contribution in [-0.2, 0) is 16.0 Å². The third kappa shape index (κ3) is 5.20. The van der Waals surface area contributed by atoms with Crippen LogP contribution in [0, 0.1) is 5.41 Å². The lowest BCUT2D eigenvalue weighted by Crippen LogP contribution is -2.47. The van der Waals surface area contributed by atoms with Gasteiger partial charge in [0.25, 0.3) is 0 Å². The minimum atomic E-state index is 0. The van der Waals surface area contributed by atoms with Crippen molar-refractivity contribution in [1.82, 2.24) is 10.6 Å². The first-order valence-corrected chi connectivity index (χ1v) is 8.38. The lowest BCUT2D eigenvalue weighted by molar-refractivity contribution is -0.123. The largest absolute Gasteiger partial charge is 0.378 e. The zero-order valence-corrected chi connectivity index (χ0v) is 14.4. The van der Waals surface area contributed by atoms with E-state index in [0.29, 0.717) is 13.0 Å². The second-order valence-electron chi connectivity index (χ2n) is 6.72. The van der Waals surface area contributed by atoms with Crippen LogP contribution in [0.1, 0.15) is 31.2 Å². The van der Waals surface area contributed by atoms with Gasteiger partial charge in [-0.05, 0) is 30.2 Å². The van der Waals surface area contributed by atoms with Crippen LogP contribution >= 0.6 is 12.4 Å². The maximum atomic E-state index is 12.1. The SMILES string of the molecule is Cl.O=C(CC1COCCN1)NCC1(Cc2ccccc2)CCC1. The van der Waals surface area contributed by atoms with Crippen molar-refractivity contribution in [3.8, 4) is 0 Å². The number of hydrogen-bond acceptors (Lipinski definition) is 3. The molecule has 0 spiro atoms. The molecule has 1 atom stereocenters. The van der Waals surface area contributed by atoms with Crippen LogP contribution in [0.15, 0.2) is 30.3 Å². The third-order valence-electron chi connectivity index (χ3n) is 4.93. The summed E-state index contributed by atoms with van der Waals surface area (Å²) >= 11 is 0. The Hall–Kier alpha value is -1.10. The van der Waals surface area contributed by atoms with Gasteiger partial charge in [0.2, 0.25) is 5.91 Å². The molecule has 1 saturated carbocycles. The molecule has 1 aromatic carbocycles. The van der Waals surface area contributed by atoms with E-state index in [1.165, 1.54) is 24.8 Å². The number of nitrogens with one attached hydrogen (secondary N) is 2. The molecule has 1 unspecified atom stereocenters. The highest BCUT2D eigenvalue weighted by molar-refractivity contribution is 5.85. The average molecular weight is 339 g/mol. The molecule has 1 heterocycles. The van der Waals surface area contributed by atoms with Crippen molar-refractivity contribution in [2.45, 2.75) is 38.1 Å². The van der Waals surface area contributed by atoms with Crippen LogP contribution < -0.4 is 10.6 Å². The van der Waals surface area contributed by atoms with Gasteiger partial charge in [-0.2, -0.15) is 0 Å². The van der Waals surface area contributed by atoms with Crippen molar-refractivity contribution in [2.75, 3.05) is 26.3 Å². The Labute approximate surface area is 144 Å². The van der Waals surface area contributed by atoms with Crippen molar-refractivity contribution >= 4 is 18.3 Å². The van der Waals surface area contributed by atoms with E-state index in [1.807, 2.05) is 0 Å². The molecule has 128 valence electrons. The molecule has 0 bridgehead atoms. The summed E-state index contributed by atoms with van der Waals surface area (Å²) in [6.45, 7) is 3.03. The Morgan fingerprint density at radius 3 is 2.70 bits per heavy atom. The molecule has 2 N–H and O–H groups in total. The van der Waals surface area contributed by atoms with Gasteiger partial charge in [0.15, 0.2) is 0 Å². The van der Waals surface area contributed by atoms with E-state index in [-0.39, 0.29) is 29.8 Å². The first-order valence-electron chi connectivity index (χ1n) is 8.38. The lowest BCUT2D eigenvalue weighted by Gasteiger charge is -2.42. The van der Waals surface area contributed by atoms with E-state index < -0.39 is 0 Å². The van der Waals surface area contributed by atoms with E-state index >= 15 is 0 Å². The number of halogens is 1. The van der Waals surface area contributed by atoms with Crippen LogP contribution in [0.3, 0.4) is 0 Å². The quantitative estimate of drug-likeness (QED) is 0.837. The summed E-state index contributed by atoms with van der Waals surface area (Å²) in [7, 11) is 0. The highest BCUT2D eigenvalue weighted by Gasteiger charge is 2.37. The highest BCUT2D eigenvalue weighted by atomic mass is 35.5. The Morgan fingerprint density at radius 2 is 2.09 bits per heavy atom. The molecule has 3 rings (SSSR count). The maximum absolute atomic E-state index is 12.1. The molecule has 1 saturated heterocycles. The zero-order chi connectivity index (χ0) is 15.3. The number of carbonyl (C=O) groups excluding carboxylic acids is 1. The van der Waals surface area contributed by atoms with Crippen molar-refractivity contribution in [3.63, 3.8) is 0 Å². The average Bonchev–Trinajstić information content (AvgIpc) is 2.52. The van der Waals surface area contributed by atoms with E-state index in [0.717, 1.165) is 26.1 Å². The molecular weight excluding hydrogens is 312 g/mol. The summed E-state index contributed by atoms with van der Waals surface area (Å²) < 4.78 is 5.40. The molecule has 1 amide bonds. The van der Waals surface area contributed by atoms with Crippen LogP contribution in [0.4, 0.5) is 0 Å². The highest BCUT2D eigenvalue weighted by Crippen LogP contribution is 2.43. The van der Waals surface area contributed by atoms with E-state index in [2.05, 4.69) is 41.0 Å². The predicted octanol–water partition coefficient (Wildman–Crippen LogP) is 2.32. The standard InChI is InChI=1S/C18H26N2O2.ClH/c21-17(11-16-13-22-10-9-19-16)20-14-18(7-4-8-18)12-15-5-2-1-3-6-15;/h1-3,5-6,16,19H,4,7-14H2,(H,20,21);1H. The van der Waals surface area contributed by atoms with Crippen LogP contribution in [0.5, 0.6) is 0 Å². The summed E-state index contributed by atoms with van der Waals surface area (Å²) in [4.78, 5) is 12.1. The van der Waals surface area contributed by atoms with Gasteiger partial charge < -0.3 is 15.4 Å². The van der Waals surface area contributed by atoms with Crippen molar-refractivity contribution in [1.29, 1.82) is 0 Å². The fraction of sp³-hybridized carbons (Fsp3) is 0.611. The normalized spacial score (nSPS) is 22.5. The van der Waals surface area contributed by atoms with Gasteiger partial charge in [-0.3, -0.25) is 4.79 Å². The molecule has 2 aliphatic rings. The molecule has 23 heavy (non-hydrogen) atoms. The van der Waals surface area contributed by atoms with Crippen LogP contribution in [0.2, 0.25) is 0 Å². The Morgan fingerprint density at radius 1 is 1.30 bits per heavy atom. The first-order chi connectivity index (χ1) is 10.8. The fourth-order valence-corrected chi connectivity index (χ4v) is 3.45. The third-order valence-corrected chi connectivity index (χ3v) is 4.93. The molecule has 0 aromatic heterocycles. The van der Waals surface area contributed by atoms with Gasteiger partial charge >= 0.3 is 0 Å². The van der Waals surface area contributed by atoms with Crippen molar-refractivity contribution in [2.24, 2.45) is 5.41 Å². The predicted molar refractivity (Wildman–Crippen MR) is 93.9 cm³/mol. The van der Waals surface area contributed by atoms with Gasteiger partial charge in [-0.15, -0.1) is 12.4 Å². The number of morpholine rings is 1. The van der Waals surface area contributed by atoms with E-state index in [9.17, 15) is 4.79 Å². The van der Waals surface area contributed by atoms with Gasteiger partial charge in [-0.25, -0.2) is 0 Å². The second-order valence-corrected chi connectivity index (χ2v) is 6.72. The number of hydrogen-bond donors (Lipinski definition) is 2. The van der Waals surface area contributed by atoms with Gasteiger partial charge in [-0.1, -0.05) is 36.8 Å². The summed E-state index contributed by atoms with van der Waals surface area (Å²) in [6, 6.07) is 10.8. The first kappa shape index (κ1) is 18.2.